The summed E-state index contributed by atoms with van der Waals surface area (Å²) in [5, 5.41) is 28.2. The molecule has 0 bridgehead atoms. The number of pyridine rings is 1. The molecule has 1 aromatic heterocycles. The zero-order valence-corrected chi connectivity index (χ0v) is 18.3. The number of anilines is 1. The van der Waals surface area contributed by atoms with Crippen molar-refractivity contribution in [3.63, 3.8) is 0 Å². The molecular weight excluding hydrogens is 384 g/mol. The van der Waals surface area contributed by atoms with Crippen molar-refractivity contribution in [2.75, 3.05) is 31.1 Å². The molecule has 3 heterocycles. The molecule has 0 aromatic carbocycles. The Morgan fingerprint density at radius 2 is 1.80 bits per heavy atom. The van der Waals surface area contributed by atoms with Gasteiger partial charge in [0, 0.05) is 25.7 Å². The molecule has 2 saturated heterocycles. The van der Waals surface area contributed by atoms with Crippen LogP contribution in [-0.4, -0.2) is 69.4 Å². The van der Waals surface area contributed by atoms with Crippen LogP contribution in [0.2, 0.25) is 0 Å². The third kappa shape index (κ3) is 5.29. The number of nitrogens with zero attached hydrogens (tertiary/aromatic N) is 3. The second-order valence-corrected chi connectivity index (χ2v) is 9.05. The van der Waals surface area contributed by atoms with Crippen LogP contribution in [0.15, 0.2) is 18.3 Å². The summed E-state index contributed by atoms with van der Waals surface area (Å²) in [6.45, 7) is 11.4. The van der Waals surface area contributed by atoms with Crippen molar-refractivity contribution in [2.45, 2.75) is 65.0 Å². The van der Waals surface area contributed by atoms with Gasteiger partial charge in [-0.05, 0) is 49.3 Å². The number of piperidine rings is 1. The largest absolute Gasteiger partial charge is 0.370 e. The summed E-state index contributed by atoms with van der Waals surface area (Å²) in [5.74, 6) is -0.0635. The fourth-order valence-corrected chi connectivity index (χ4v) is 4.93. The molecule has 8 nitrogen and oxygen atoms in total. The number of carbonyl (C=O) groups excluding carboxylic acids is 1. The van der Waals surface area contributed by atoms with Crippen molar-refractivity contribution in [3.8, 4) is 0 Å². The van der Waals surface area contributed by atoms with E-state index in [1.165, 1.54) is 38.4 Å². The molecule has 3 rings (SSSR count). The van der Waals surface area contributed by atoms with Crippen molar-refractivity contribution in [1.82, 2.24) is 15.2 Å². The molecule has 4 N–H and O–H groups in total. The number of carbonyl (C=O) groups is 1. The minimum absolute atomic E-state index is 0.00756. The molecule has 1 aromatic rings. The van der Waals surface area contributed by atoms with Crippen LogP contribution in [0.1, 0.15) is 63.4 Å². The molecule has 0 saturated carbocycles. The van der Waals surface area contributed by atoms with Gasteiger partial charge in [-0.1, -0.05) is 33.6 Å². The molecule has 168 valence electrons. The van der Waals surface area contributed by atoms with Crippen LogP contribution in [0.25, 0.3) is 0 Å². The van der Waals surface area contributed by atoms with Crippen LogP contribution in [0.4, 0.5) is 5.69 Å². The maximum atomic E-state index is 11.8. The molecule has 2 aliphatic rings. The van der Waals surface area contributed by atoms with Gasteiger partial charge in [-0.15, -0.1) is 0 Å². The molecule has 30 heavy (non-hydrogen) atoms. The average Bonchev–Trinajstić information content (AvgIpc) is 3.23. The number of hydrogen-bond donors (Lipinski definition) is 4. The molecule has 1 atom stereocenters. The highest BCUT2D eigenvalue weighted by atomic mass is 16.7. The summed E-state index contributed by atoms with van der Waals surface area (Å²) in [5.41, 5.74) is 1.40. The molecule has 8 heteroatoms. The highest BCUT2D eigenvalue weighted by molar-refractivity contribution is 5.92. The number of likely N-dealkylation sites (tertiary alicyclic amines) is 1. The summed E-state index contributed by atoms with van der Waals surface area (Å²) < 4.78 is 0. The monoisotopic (exact) mass is 420 g/mol. The van der Waals surface area contributed by atoms with E-state index in [0.29, 0.717) is 11.5 Å². The fourth-order valence-electron chi connectivity index (χ4n) is 4.93. The van der Waals surface area contributed by atoms with Gasteiger partial charge >= 0.3 is 6.10 Å². The number of aromatic nitrogens is 1. The van der Waals surface area contributed by atoms with Crippen LogP contribution < -0.4 is 10.2 Å². The summed E-state index contributed by atoms with van der Waals surface area (Å²) in [6.07, 6.45) is 4.40. The molecule has 0 spiro atoms. The summed E-state index contributed by atoms with van der Waals surface area (Å²) in [7, 11) is 0. The molecule has 2 aliphatic heterocycles. The summed E-state index contributed by atoms with van der Waals surface area (Å²) >= 11 is 0. The van der Waals surface area contributed by atoms with E-state index < -0.39 is 12.0 Å². The second-order valence-electron chi connectivity index (χ2n) is 9.05. The van der Waals surface area contributed by atoms with E-state index >= 15 is 0 Å². The third-order valence-corrected chi connectivity index (χ3v) is 7.43. The zero-order chi connectivity index (χ0) is 21.9. The van der Waals surface area contributed by atoms with Crippen LogP contribution in [0.3, 0.4) is 0 Å². The molecule has 0 aliphatic carbocycles. The van der Waals surface area contributed by atoms with Gasteiger partial charge in [-0.25, -0.2) is 4.98 Å². The normalized spacial score (nSPS) is 21.8. The van der Waals surface area contributed by atoms with Gasteiger partial charge in [0.15, 0.2) is 0 Å². The maximum absolute atomic E-state index is 11.8. The van der Waals surface area contributed by atoms with Crippen molar-refractivity contribution in [3.05, 3.63) is 24.0 Å². The van der Waals surface area contributed by atoms with Crippen LogP contribution in [0, 0.1) is 11.3 Å². The van der Waals surface area contributed by atoms with Gasteiger partial charge in [-0.3, -0.25) is 15.0 Å². The summed E-state index contributed by atoms with van der Waals surface area (Å²) in [6, 6.07) is 3.95. The number of nitrogens with one attached hydrogen (secondary N) is 1. The predicted octanol–water partition coefficient (Wildman–Crippen LogP) is 1.52. The Morgan fingerprint density at radius 1 is 1.13 bits per heavy atom. The quantitative estimate of drug-likeness (QED) is 0.495. The van der Waals surface area contributed by atoms with E-state index in [1.807, 2.05) is 0 Å². The Kier molecular flexibility index (Phi) is 7.02. The fraction of sp³-hybridized carbons (Fsp3) is 0.727. The molecule has 1 amide bonds. The number of aliphatic hydroxyl groups is 3. The Balaban J connectivity index is 1.52. The van der Waals surface area contributed by atoms with Gasteiger partial charge in [0.05, 0.1) is 11.9 Å². The SMILES string of the molecule is CCC(C)(CC)[C@H]1CCN(C2CCN(c3ccc(C(=O)NC(O)(O)O)nc3)CC2)C1. The number of rotatable bonds is 7. The Morgan fingerprint density at radius 3 is 2.33 bits per heavy atom. The first-order valence-corrected chi connectivity index (χ1v) is 11.1. The van der Waals surface area contributed by atoms with Gasteiger partial charge in [0.1, 0.15) is 5.69 Å². The number of amides is 1. The minimum Gasteiger partial charge on any atom is -0.370 e. The Labute approximate surface area is 178 Å². The lowest BCUT2D eigenvalue weighted by molar-refractivity contribution is -0.323. The van der Waals surface area contributed by atoms with Crippen molar-refractivity contribution >= 4 is 11.6 Å². The van der Waals surface area contributed by atoms with Gasteiger partial charge in [-0.2, -0.15) is 0 Å². The van der Waals surface area contributed by atoms with E-state index in [9.17, 15) is 4.79 Å². The van der Waals surface area contributed by atoms with E-state index in [-0.39, 0.29) is 5.69 Å². The molecule has 2 fully saturated rings. The third-order valence-electron chi connectivity index (χ3n) is 7.43. The van der Waals surface area contributed by atoms with E-state index in [0.717, 1.165) is 37.5 Å². The average molecular weight is 421 g/mol. The van der Waals surface area contributed by atoms with Crippen molar-refractivity contribution in [1.29, 1.82) is 0 Å². The summed E-state index contributed by atoms with van der Waals surface area (Å²) in [4.78, 5) is 20.9. The van der Waals surface area contributed by atoms with Crippen LogP contribution in [-0.2, 0) is 0 Å². The molecular formula is C22H36N4O4. The lowest BCUT2D eigenvalue weighted by Gasteiger charge is -2.39. The first-order chi connectivity index (χ1) is 14.1. The maximum Gasteiger partial charge on any atom is 0.369 e. The van der Waals surface area contributed by atoms with Gasteiger partial charge < -0.3 is 20.2 Å². The second kappa shape index (κ2) is 9.18. The molecule has 0 radical (unpaired) electrons. The first-order valence-electron chi connectivity index (χ1n) is 11.1. The topological polar surface area (TPSA) is 109 Å². The lowest BCUT2D eigenvalue weighted by Crippen LogP contribution is -2.48. The smallest absolute Gasteiger partial charge is 0.369 e. The Hall–Kier alpha value is -1.74. The highest BCUT2D eigenvalue weighted by Crippen LogP contribution is 2.41. The van der Waals surface area contributed by atoms with Crippen molar-refractivity contribution < 1.29 is 20.1 Å². The van der Waals surface area contributed by atoms with E-state index in [2.05, 4.69) is 35.6 Å². The van der Waals surface area contributed by atoms with Crippen LogP contribution in [0.5, 0.6) is 0 Å². The standard InChI is InChI=1S/C22H36N4O4/c1-4-21(3,5-2)16-8-11-26(15-16)17-9-12-25(13-10-17)18-6-7-19(23-14-18)20(27)24-22(28,29)30/h6-7,14,16-17,28-30H,4-5,8-13,15H2,1-3H3,(H,24,27)/t16-/m0/s1. The van der Waals surface area contributed by atoms with E-state index in [4.69, 9.17) is 15.3 Å². The van der Waals surface area contributed by atoms with Crippen molar-refractivity contribution in [2.24, 2.45) is 11.3 Å². The first kappa shape index (κ1) is 22.9. The zero-order valence-electron chi connectivity index (χ0n) is 18.3. The Bertz CT molecular complexity index is 707. The minimum atomic E-state index is -3.25. The lowest BCUT2D eigenvalue weighted by atomic mass is 9.72. The van der Waals surface area contributed by atoms with E-state index in [1.54, 1.807) is 17.6 Å². The highest BCUT2D eigenvalue weighted by Gasteiger charge is 2.38. The molecule has 0 unspecified atom stereocenters. The number of hydrogen-bond acceptors (Lipinski definition) is 7. The van der Waals surface area contributed by atoms with Gasteiger partial charge in [0.2, 0.25) is 0 Å². The predicted molar refractivity (Wildman–Crippen MR) is 115 cm³/mol. The van der Waals surface area contributed by atoms with Crippen LogP contribution >= 0.6 is 0 Å². The van der Waals surface area contributed by atoms with Gasteiger partial charge in [0.25, 0.3) is 5.91 Å².